The van der Waals surface area contributed by atoms with Gasteiger partial charge in [0.1, 0.15) is 5.69 Å². The molecule has 0 unspecified atom stereocenters. The van der Waals surface area contributed by atoms with Gasteiger partial charge in [-0.25, -0.2) is 4.98 Å². The maximum atomic E-state index is 12.9. The SMILES string of the molecule is CC(=O)Nc1cccc(NC(=O)c2cccc(F)n2)c1. The number of pyridine rings is 1. The number of nitrogens with zero attached hydrogens (tertiary/aromatic N) is 1. The molecule has 1 aromatic carbocycles. The van der Waals surface area contributed by atoms with E-state index in [0.717, 1.165) is 6.07 Å². The molecule has 1 aromatic heterocycles. The first-order chi connectivity index (χ1) is 9.54. The monoisotopic (exact) mass is 273 g/mol. The molecule has 0 saturated carbocycles. The highest BCUT2D eigenvalue weighted by molar-refractivity contribution is 6.03. The van der Waals surface area contributed by atoms with Gasteiger partial charge in [0.05, 0.1) is 0 Å². The Balaban J connectivity index is 2.13. The molecule has 0 spiro atoms. The van der Waals surface area contributed by atoms with Gasteiger partial charge in [-0.1, -0.05) is 12.1 Å². The van der Waals surface area contributed by atoms with Gasteiger partial charge in [-0.2, -0.15) is 4.39 Å². The highest BCUT2D eigenvalue weighted by Gasteiger charge is 2.08. The van der Waals surface area contributed by atoms with Crippen LogP contribution in [0, 0.1) is 5.95 Å². The van der Waals surface area contributed by atoms with E-state index in [1.165, 1.54) is 19.1 Å². The van der Waals surface area contributed by atoms with E-state index in [2.05, 4.69) is 15.6 Å². The van der Waals surface area contributed by atoms with E-state index in [1.54, 1.807) is 24.3 Å². The van der Waals surface area contributed by atoms with Gasteiger partial charge in [0.2, 0.25) is 11.9 Å². The maximum absolute atomic E-state index is 12.9. The first-order valence-electron chi connectivity index (χ1n) is 5.86. The minimum absolute atomic E-state index is 0.0186. The third-order valence-corrected chi connectivity index (χ3v) is 2.39. The molecule has 2 aromatic rings. The summed E-state index contributed by atoms with van der Waals surface area (Å²) in [5.41, 5.74) is 1.02. The van der Waals surface area contributed by atoms with Crippen LogP contribution in [-0.2, 0) is 4.79 Å². The molecule has 0 aliphatic carbocycles. The van der Waals surface area contributed by atoms with Crippen LogP contribution in [0.25, 0.3) is 0 Å². The van der Waals surface area contributed by atoms with Crippen LogP contribution in [0.4, 0.5) is 15.8 Å². The minimum atomic E-state index is -0.718. The number of carbonyl (C=O) groups is 2. The van der Waals surface area contributed by atoms with E-state index in [0.29, 0.717) is 11.4 Å². The average Bonchev–Trinajstić information content (AvgIpc) is 2.38. The molecule has 0 aliphatic rings. The van der Waals surface area contributed by atoms with Crippen LogP contribution in [0.15, 0.2) is 42.5 Å². The molecular formula is C14H12FN3O2. The number of hydrogen-bond donors (Lipinski definition) is 2. The lowest BCUT2D eigenvalue weighted by Gasteiger charge is -2.07. The van der Waals surface area contributed by atoms with Crippen LogP contribution in [0.1, 0.15) is 17.4 Å². The van der Waals surface area contributed by atoms with Crippen molar-refractivity contribution in [1.29, 1.82) is 0 Å². The van der Waals surface area contributed by atoms with Crippen LogP contribution in [0.2, 0.25) is 0 Å². The van der Waals surface area contributed by atoms with Crippen molar-refractivity contribution >= 4 is 23.2 Å². The molecule has 2 rings (SSSR count). The van der Waals surface area contributed by atoms with Gasteiger partial charge >= 0.3 is 0 Å². The van der Waals surface area contributed by atoms with Gasteiger partial charge < -0.3 is 10.6 Å². The normalized spacial score (nSPS) is 9.90. The Kier molecular flexibility index (Phi) is 4.05. The molecular weight excluding hydrogens is 261 g/mol. The van der Waals surface area contributed by atoms with Gasteiger partial charge in [-0.05, 0) is 30.3 Å². The second kappa shape index (κ2) is 5.92. The van der Waals surface area contributed by atoms with Gasteiger partial charge in [-0.3, -0.25) is 9.59 Å². The molecule has 0 radical (unpaired) electrons. The summed E-state index contributed by atoms with van der Waals surface area (Å²) in [7, 11) is 0. The maximum Gasteiger partial charge on any atom is 0.274 e. The lowest BCUT2D eigenvalue weighted by molar-refractivity contribution is -0.114. The van der Waals surface area contributed by atoms with Gasteiger partial charge in [-0.15, -0.1) is 0 Å². The number of anilines is 2. The predicted octanol–water partition coefficient (Wildman–Crippen LogP) is 2.43. The van der Waals surface area contributed by atoms with Crippen molar-refractivity contribution in [3.05, 3.63) is 54.1 Å². The standard InChI is InChI=1S/C14H12FN3O2/c1-9(19)16-10-4-2-5-11(8-10)17-14(20)12-6-3-7-13(15)18-12/h2-8H,1H3,(H,16,19)(H,17,20). The zero-order valence-electron chi connectivity index (χ0n) is 10.7. The molecule has 2 N–H and O–H groups in total. The number of carbonyl (C=O) groups excluding carboxylic acids is 2. The Labute approximate surface area is 114 Å². The predicted molar refractivity (Wildman–Crippen MR) is 72.9 cm³/mol. The summed E-state index contributed by atoms with van der Waals surface area (Å²) in [5, 5.41) is 5.18. The molecule has 0 fully saturated rings. The highest BCUT2D eigenvalue weighted by Crippen LogP contribution is 2.15. The van der Waals surface area contributed by atoms with E-state index in [9.17, 15) is 14.0 Å². The second-order valence-electron chi connectivity index (χ2n) is 4.06. The number of benzene rings is 1. The fourth-order valence-corrected chi connectivity index (χ4v) is 1.61. The molecule has 0 atom stereocenters. The van der Waals surface area contributed by atoms with E-state index in [-0.39, 0.29) is 11.6 Å². The van der Waals surface area contributed by atoms with E-state index in [1.807, 2.05) is 0 Å². The third-order valence-electron chi connectivity index (χ3n) is 2.39. The molecule has 0 bridgehead atoms. The first-order valence-corrected chi connectivity index (χ1v) is 5.86. The lowest BCUT2D eigenvalue weighted by Crippen LogP contribution is -2.14. The van der Waals surface area contributed by atoms with Crippen molar-refractivity contribution in [1.82, 2.24) is 4.98 Å². The topological polar surface area (TPSA) is 71.1 Å². The molecule has 102 valence electrons. The summed E-state index contributed by atoms with van der Waals surface area (Å²) < 4.78 is 12.9. The van der Waals surface area contributed by atoms with Crippen LogP contribution < -0.4 is 10.6 Å². The fraction of sp³-hybridized carbons (Fsp3) is 0.0714. The summed E-state index contributed by atoms with van der Waals surface area (Å²) in [6.45, 7) is 1.39. The number of hydrogen-bond acceptors (Lipinski definition) is 3. The van der Waals surface area contributed by atoms with Crippen molar-refractivity contribution in [2.75, 3.05) is 10.6 Å². The lowest BCUT2D eigenvalue weighted by atomic mass is 10.2. The molecule has 1 heterocycles. The van der Waals surface area contributed by atoms with Crippen molar-refractivity contribution in [3.63, 3.8) is 0 Å². The summed E-state index contributed by atoms with van der Waals surface area (Å²) in [5.74, 6) is -1.45. The van der Waals surface area contributed by atoms with E-state index < -0.39 is 11.9 Å². The van der Waals surface area contributed by atoms with Gasteiger partial charge in [0.15, 0.2) is 0 Å². The van der Waals surface area contributed by atoms with E-state index in [4.69, 9.17) is 0 Å². The van der Waals surface area contributed by atoms with Crippen LogP contribution in [0.5, 0.6) is 0 Å². The van der Waals surface area contributed by atoms with Gasteiger partial charge in [0.25, 0.3) is 5.91 Å². The summed E-state index contributed by atoms with van der Waals surface area (Å²) >= 11 is 0. The largest absolute Gasteiger partial charge is 0.326 e. The van der Waals surface area contributed by atoms with E-state index >= 15 is 0 Å². The van der Waals surface area contributed by atoms with Crippen molar-refractivity contribution in [2.45, 2.75) is 6.92 Å². The molecule has 2 amide bonds. The number of nitrogens with one attached hydrogen (secondary N) is 2. The first kappa shape index (κ1) is 13.7. The summed E-state index contributed by atoms with van der Waals surface area (Å²) in [4.78, 5) is 26.3. The van der Waals surface area contributed by atoms with Crippen LogP contribution in [0.3, 0.4) is 0 Å². The van der Waals surface area contributed by atoms with Crippen molar-refractivity contribution in [2.24, 2.45) is 0 Å². The van der Waals surface area contributed by atoms with Gasteiger partial charge in [0, 0.05) is 18.3 Å². The zero-order chi connectivity index (χ0) is 14.5. The second-order valence-corrected chi connectivity index (χ2v) is 4.06. The Morgan fingerprint density at radius 1 is 1.05 bits per heavy atom. The smallest absolute Gasteiger partial charge is 0.274 e. The molecule has 0 saturated heterocycles. The average molecular weight is 273 g/mol. The molecule has 6 heteroatoms. The zero-order valence-corrected chi connectivity index (χ0v) is 10.7. The number of aromatic nitrogens is 1. The van der Waals surface area contributed by atoms with Crippen LogP contribution in [-0.4, -0.2) is 16.8 Å². The molecule has 5 nitrogen and oxygen atoms in total. The Morgan fingerprint density at radius 3 is 2.35 bits per heavy atom. The Morgan fingerprint density at radius 2 is 1.70 bits per heavy atom. The number of amides is 2. The third kappa shape index (κ3) is 3.61. The quantitative estimate of drug-likeness (QED) is 0.844. The number of rotatable bonds is 3. The Bertz CT molecular complexity index is 658. The highest BCUT2D eigenvalue weighted by atomic mass is 19.1. The number of halogens is 1. The fourth-order valence-electron chi connectivity index (χ4n) is 1.61. The molecule has 20 heavy (non-hydrogen) atoms. The van der Waals surface area contributed by atoms with Crippen molar-refractivity contribution in [3.8, 4) is 0 Å². The minimum Gasteiger partial charge on any atom is -0.326 e. The molecule has 0 aliphatic heterocycles. The van der Waals surface area contributed by atoms with Crippen LogP contribution >= 0.6 is 0 Å². The van der Waals surface area contributed by atoms with Crippen molar-refractivity contribution < 1.29 is 14.0 Å². The summed E-state index contributed by atoms with van der Waals surface area (Å²) in [6.07, 6.45) is 0. The Hall–Kier alpha value is -2.76. The summed E-state index contributed by atoms with van der Waals surface area (Å²) in [6, 6.07) is 10.6.